The molecule has 0 radical (unpaired) electrons. The van der Waals surface area contributed by atoms with Gasteiger partial charge in [-0.3, -0.25) is 0 Å². The number of benzene rings is 1. The van der Waals surface area contributed by atoms with Gasteiger partial charge in [0.05, 0.1) is 0 Å². The number of unbranched alkanes of at least 4 members (excludes halogenated alkanes) is 1. The van der Waals surface area contributed by atoms with Crippen molar-refractivity contribution in [1.82, 2.24) is 0 Å². The number of thiophene rings is 1. The molecule has 1 aromatic carbocycles. The number of allylic oxidation sites excluding steroid dienone is 1. The van der Waals surface area contributed by atoms with Crippen LogP contribution in [0.3, 0.4) is 0 Å². The lowest BCUT2D eigenvalue weighted by Crippen LogP contribution is -2.07. The molecular formula is C14H16FNS. The summed E-state index contributed by atoms with van der Waals surface area (Å²) < 4.78 is 14.2. The zero-order valence-electron chi connectivity index (χ0n) is 9.66. The van der Waals surface area contributed by atoms with Crippen LogP contribution in [0.2, 0.25) is 0 Å². The summed E-state index contributed by atoms with van der Waals surface area (Å²) in [6, 6.07) is 6.92. The lowest BCUT2D eigenvalue weighted by Gasteiger charge is -2.07. The number of hydrogen-bond acceptors (Lipinski definition) is 2. The van der Waals surface area contributed by atoms with Crippen molar-refractivity contribution >= 4 is 21.4 Å². The molecule has 1 unspecified atom stereocenters. The largest absolute Gasteiger partial charge is 0.323 e. The summed E-state index contributed by atoms with van der Waals surface area (Å²) in [5, 5.41) is 0.948. The SMILES string of the molecule is C=CCCCC(N)c1cc2cc(F)ccc2s1. The van der Waals surface area contributed by atoms with Gasteiger partial charge >= 0.3 is 0 Å². The monoisotopic (exact) mass is 249 g/mol. The number of halogens is 1. The minimum Gasteiger partial charge on any atom is -0.323 e. The third-order valence-corrected chi connectivity index (χ3v) is 4.03. The van der Waals surface area contributed by atoms with Crippen LogP contribution in [0.25, 0.3) is 10.1 Å². The van der Waals surface area contributed by atoms with Crippen LogP contribution in [0.1, 0.15) is 30.2 Å². The number of fused-ring (bicyclic) bond motifs is 1. The first-order chi connectivity index (χ1) is 8.20. The first-order valence-electron chi connectivity index (χ1n) is 5.76. The molecule has 0 fully saturated rings. The smallest absolute Gasteiger partial charge is 0.123 e. The first-order valence-corrected chi connectivity index (χ1v) is 6.58. The third kappa shape index (κ3) is 2.93. The van der Waals surface area contributed by atoms with Crippen LogP contribution in [0.5, 0.6) is 0 Å². The van der Waals surface area contributed by atoms with Crippen LogP contribution < -0.4 is 5.73 Å². The first kappa shape index (κ1) is 12.3. The molecule has 17 heavy (non-hydrogen) atoms. The zero-order valence-corrected chi connectivity index (χ0v) is 10.5. The standard InChI is InChI=1S/C14H16FNS/c1-2-3-4-5-12(16)14-9-10-8-11(15)6-7-13(10)17-14/h2,6-9,12H,1,3-5,16H2. The van der Waals surface area contributed by atoms with Crippen LogP contribution in [0.4, 0.5) is 4.39 Å². The van der Waals surface area contributed by atoms with E-state index in [9.17, 15) is 4.39 Å². The molecule has 1 atom stereocenters. The Kier molecular flexibility index (Phi) is 3.92. The summed E-state index contributed by atoms with van der Waals surface area (Å²) in [6.45, 7) is 3.69. The van der Waals surface area contributed by atoms with Gasteiger partial charge in [0, 0.05) is 15.6 Å². The summed E-state index contributed by atoms with van der Waals surface area (Å²) in [6.07, 6.45) is 4.90. The Hall–Kier alpha value is -1.19. The number of nitrogens with two attached hydrogens (primary N) is 1. The molecule has 2 N–H and O–H groups in total. The van der Waals surface area contributed by atoms with Crippen molar-refractivity contribution < 1.29 is 4.39 Å². The second-order valence-electron chi connectivity index (χ2n) is 4.16. The maximum absolute atomic E-state index is 13.1. The average Bonchev–Trinajstić information content (AvgIpc) is 2.72. The number of rotatable bonds is 5. The fraction of sp³-hybridized carbons (Fsp3) is 0.286. The van der Waals surface area contributed by atoms with E-state index in [0.29, 0.717) is 0 Å². The maximum atomic E-state index is 13.1. The van der Waals surface area contributed by atoms with Crippen LogP contribution in [0.15, 0.2) is 36.9 Å². The van der Waals surface area contributed by atoms with Crippen LogP contribution in [-0.4, -0.2) is 0 Å². The van der Waals surface area contributed by atoms with Gasteiger partial charge in [0.2, 0.25) is 0 Å². The molecule has 0 amide bonds. The van der Waals surface area contributed by atoms with Crippen molar-refractivity contribution in [3.05, 3.63) is 47.6 Å². The predicted octanol–water partition coefficient (Wildman–Crippen LogP) is 4.40. The molecule has 3 heteroatoms. The van der Waals surface area contributed by atoms with Gasteiger partial charge in [0.1, 0.15) is 5.82 Å². The van der Waals surface area contributed by atoms with Gasteiger partial charge in [-0.25, -0.2) is 4.39 Å². The molecule has 0 saturated carbocycles. The fourth-order valence-corrected chi connectivity index (χ4v) is 2.92. The van der Waals surface area contributed by atoms with Crippen LogP contribution in [0, 0.1) is 5.82 Å². The van der Waals surface area contributed by atoms with Crippen LogP contribution in [-0.2, 0) is 0 Å². The molecule has 0 spiro atoms. The molecule has 1 nitrogen and oxygen atoms in total. The van der Waals surface area contributed by atoms with E-state index < -0.39 is 0 Å². The van der Waals surface area contributed by atoms with Gasteiger partial charge < -0.3 is 5.73 Å². The van der Waals surface area contributed by atoms with Gasteiger partial charge in [0.15, 0.2) is 0 Å². The minimum atomic E-state index is -0.193. The highest BCUT2D eigenvalue weighted by atomic mass is 32.1. The molecule has 0 bridgehead atoms. The summed E-state index contributed by atoms with van der Waals surface area (Å²) in [5.74, 6) is -0.193. The fourth-order valence-electron chi connectivity index (χ4n) is 1.84. The van der Waals surface area contributed by atoms with E-state index in [1.165, 1.54) is 6.07 Å². The van der Waals surface area contributed by atoms with E-state index in [4.69, 9.17) is 5.73 Å². The van der Waals surface area contributed by atoms with E-state index in [2.05, 4.69) is 6.58 Å². The molecule has 90 valence electrons. The molecule has 2 rings (SSSR count). The maximum Gasteiger partial charge on any atom is 0.123 e. The average molecular weight is 249 g/mol. The highest BCUT2D eigenvalue weighted by Crippen LogP contribution is 2.31. The van der Waals surface area contributed by atoms with Crippen molar-refractivity contribution in [2.24, 2.45) is 5.73 Å². The van der Waals surface area contributed by atoms with Crippen LogP contribution >= 0.6 is 11.3 Å². The molecule has 2 aromatic rings. The topological polar surface area (TPSA) is 26.0 Å². The Morgan fingerprint density at radius 2 is 2.24 bits per heavy atom. The van der Waals surface area contributed by atoms with E-state index >= 15 is 0 Å². The summed E-state index contributed by atoms with van der Waals surface area (Å²) >= 11 is 1.65. The van der Waals surface area contributed by atoms with Gasteiger partial charge in [0.25, 0.3) is 0 Å². The molecule has 1 aromatic heterocycles. The second-order valence-corrected chi connectivity index (χ2v) is 5.27. The Labute approximate surface area is 105 Å². The predicted molar refractivity (Wildman–Crippen MR) is 72.8 cm³/mol. The minimum absolute atomic E-state index is 0.0513. The van der Waals surface area contributed by atoms with Crippen molar-refractivity contribution in [3.8, 4) is 0 Å². The Morgan fingerprint density at radius 1 is 1.41 bits per heavy atom. The Balaban J connectivity index is 2.15. The molecule has 0 saturated heterocycles. The van der Waals surface area contributed by atoms with Crippen molar-refractivity contribution in [2.75, 3.05) is 0 Å². The van der Waals surface area contributed by atoms with Crippen molar-refractivity contribution in [1.29, 1.82) is 0 Å². The van der Waals surface area contributed by atoms with Gasteiger partial charge in [-0.2, -0.15) is 0 Å². The zero-order chi connectivity index (χ0) is 12.3. The van der Waals surface area contributed by atoms with Crippen molar-refractivity contribution in [2.45, 2.75) is 25.3 Å². The molecule has 1 heterocycles. The highest BCUT2D eigenvalue weighted by molar-refractivity contribution is 7.19. The normalized spacial score (nSPS) is 12.8. The molecule has 0 aliphatic carbocycles. The Morgan fingerprint density at radius 3 is 3.00 bits per heavy atom. The summed E-state index contributed by atoms with van der Waals surface area (Å²) in [7, 11) is 0. The van der Waals surface area contributed by atoms with Crippen molar-refractivity contribution in [3.63, 3.8) is 0 Å². The van der Waals surface area contributed by atoms with Gasteiger partial charge in [-0.05, 0) is 48.9 Å². The molecule has 0 aliphatic heterocycles. The lowest BCUT2D eigenvalue weighted by atomic mass is 10.1. The van der Waals surface area contributed by atoms with E-state index in [1.807, 2.05) is 18.2 Å². The lowest BCUT2D eigenvalue weighted by molar-refractivity contribution is 0.625. The quantitative estimate of drug-likeness (QED) is 0.617. The second kappa shape index (κ2) is 5.43. The Bertz CT molecular complexity index is 518. The summed E-state index contributed by atoms with van der Waals surface area (Å²) in [5.41, 5.74) is 6.12. The van der Waals surface area contributed by atoms with Gasteiger partial charge in [-0.15, -0.1) is 17.9 Å². The molecular weight excluding hydrogens is 233 g/mol. The number of hydrogen-bond donors (Lipinski definition) is 1. The summed E-state index contributed by atoms with van der Waals surface area (Å²) in [4.78, 5) is 1.13. The van der Waals surface area contributed by atoms with E-state index in [-0.39, 0.29) is 11.9 Å². The third-order valence-electron chi connectivity index (χ3n) is 2.79. The highest BCUT2D eigenvalue weighted by Gasteiger charge is 2.10. The molecule has 0 aliphatic rings. The van der Waals surface area contributed by atoms with E-state index in [1.54, 1.807) is 17.4 Å². The van der Waals surface area contributed by atoms with Gasteiger partial charge in [-0.1, -0.05) is 6.08 Å². The van der Waals surface area contributed by atoms with E-state index in [0.717, 1.165) is 34.2 Å².